The molecule has 0 fully saturated rings. The number of hydrogen-bond donors (Lipinski definition) is 1. The molecule has 4 heteroatoms. The molecule has 1 aromatic carbocycles. The van der Waals surface area contributed by atoms with Gasteiger partial charge in [0.05, 0.1) is 24.5 Å². The maximum Gasteiger partial charge on any atom is 0.340 e. The van der Waals surface area contributed by atoms with E-state index >= 15 is 0 Å². The first-order valence-corrected chi connectivity index (χ1v) is 5.23. The molecule has 0 aliphatic carbocycles. The lowest BCUT2D eigenvalue weighted by Crippen LogP contribution is -2.15. The van der Waals surface area contributed by atoms with E-state index < -0.39 is 5.97 Å². The van der Waals surface area contributed by atoms with Crippen LogP contribution in [0.25, 0.3) is 0 Å². The lowest BCUT2D eigenvalue weighted by Gasteiger charge is -2.13. The van der Waals surface area contributed by atoms with Crippen LogP contribution in [0.3, 0.4) is 0 Å². The molecule has 2 N–H and O–H groups in total. The molecule has 0 amide bonds. The van der Waals surface area contributed by atoms with Crippen molar-refractivity contribution in [2.75, 3.05) is 12.8 Å². The van der Waals surface area contributed by atoms with Crippen molar-refractivity contribution in [3.05, 3.63) is 23.8 Å². The zero-order valence-corrected chi connectivity index (χ0v) is 9.82. The second kappa shape index (κ2) is 5.39. The summed E-state index contributed by atoms with van der Waals surface area (Å²) >= 11 is 0. The van der Waals surface area contributed by atoms with Crippen molar-refractivity contribution in [1.29, 1.82) is 0 Å². The summed E-state index contributed by atoms with van der Waals surface area (Å²) in [6.07, 6.45) is 0.661. The highest BCUT2D eigenvalue weighted by atomic mass is 16.5. The van der Waals surface area contributed by atoms with Crippen molar-refractivity contribution in [1.82, 2.24) is 0 Å². The molecule has 1 aromatic rings. The zero-order valence-electron chi connectivity index (χ0n) is 9.82. The lowest BCUT2D eigenvalue weighted by atomic mass is 10.1. The number of benzene rings is 1. The number of methoxy groups -OCH3 is 1. The molecule has 0 spiro atoms. The number of anilines is 1. The summed E-state index contributed by atoms with van der Waals surface area (Å²) in [5, 5.41) is 0. The number of hydrogen-bond acceptors (Lipinski definition) is 4. The minimum Gasteiger partial charge on any atom is -0.495 e. The minimum absolute atomic E-state index is 0.113. The summed E-state index contributed by atoms with van der Waals surface area (Å²) in [5.41, 5.74) is 6.45. The van der Waals surface area contributed by atoms with E-state index in [0.717, 1.165) is 6.42 Å². The molecule has 16 heavy (non-hydrogen) atoms. The second-order valence-corrected chi connectivity index (χ2v) is 3.55. The summed E-state index contributed by atoms with van der Waals surface area (Å²) in [7, 11) is 1.51. The highest BCUT2D eigenvalue weighted by molar-refractivity contribution is 5.96. The third-order valence-electron chi connectivity index (χ3n) is 2.39. The topological polar surface area (TPSA) is 61.5 Å². The van der Waals surface area contributed by atoms with Gasteiger partial charge in [0.1, 0.15) is 5.75 Å². The fourth-order valence-corrected chi connectivity index (χ4v) is 1.23. The van der Waals surface area contributed by atoms with Gasteiger partial charge in [-0.1, -0.05) is 13.0 Å². The smallest absolute Gasteiger partial charge is 0.340 e. The van der Waals surface area contributed by atoms with Gasteiger partial charge < -0.3 is 15.2 Å². The first kappa shape index (κ1) is 12.4. The predicted octanol–water partition coefficient (Wildman–Crippen LogP) is 2.23. The molecule has 88 valence electrons. The monoisotopic (exact) mass is 223 g/mol. The molecule has 0 aliphatic heterocycles. The lowest BCUT2D eigenvalue weighted by molar-refractivity contribution is 0.0335. The Labute approximate surface area is 95.3 Å². The predicted molar refractivity (Wildman–Crippen MR) is 62.6 cm³/mol. The summed E-state index contributed by atoms with van der Waals surface area (Å²) in [6.45, 7) is 3.79. The van der Waals surface area contributed by atoms with E-state index in [1.807, 2.05) is 13.8 Å². The molecule has 1 unspecified atom stereocenters. The summed E-state index contributed by atoms with van der Waals surface area (Å²) in [6, 6.07) is 5.04. The quantitative estimate of drug-likeness (QED) is 0.628. The summed E-state index contributed by atoms with van der Waals surface area (Å²) in [5.74, 6) is 0.0735. The van der Waals surface area contributed by atoms with Gasteiger partial charge in [-0.05, 0) is 25.5 Å². The molecule has 0 aliphatic rings. The Bertz CT molecular complexity index is 377. The molecule has 1 rings (SSSR count). The van der Waals surface area contributed by atoms with Crippen LogP contribution in [0.5, 0.6) is 5.75 Å². The van der Waals surface area contributed by atoms with E-state index in [0.29, 0.717) is 17.0 Å². The summed E-state index contributed by atoms with van der Waals surface area (Å²) < 4.78 is 10.2. The highest BCUT2D eigenvalue weighted by Crippen LogP contribution is 2.25. The molecule has 0 saturated heterocycles. The van der Waals surface area contributed by atoms with Crippen LogP contribution < -0.4 is 10.5 Å². The number of nitrogens with two attached hydrogens (primary N) is 1. The maximum atomic E-state index is 11.7. The van der Waals surface area contributed by atoms with Gasteiger partial charge >= 0.3 is 5.97 Å². The Balaban J connectivity index is 2.91. The van der Waals surface area contributed by atoms with Crippen molar-refractivity contribution in [2.24, 2.45) is 0 Å². The van der Waals surface area contributed by atoms with Crippen LogP contribution in [-0.4, -0.2) is 19.2 Å². The van der Waals surface area contributed by atoms with E-state index in [4.69, 9.17) is 15.2 Å². The maximum absolute atomic E-state index is 11.7. The van der Waals surface area contributed by atoms with Gasteiger partial charge in [0.25, 0.3) is 0 Å². The van der Waals surface area contributed by atoms with E-state index in [2.05, 4.69) is 0 Å². The van der Waals surface area contributed by atoms with Crippen LogP contribution in [0.15, 0.2) is 18.2 Å². The number of nitrogen functional groups attached to an aromatic ring is 1. The van der Waals surface area contributed by atoms with Crippen molar-refractivity contribution in [2.45, 2.75) is 26.4 Å². The van der Waals surface area contributed by atoms with Crippen molar-refractivity contribution in [3.8, 4) is 5.75 Å². The van der Waals surface area contributed by atoms with Gasteiger partial charge in [-0.15, -0.1) is 0 Å². The standard InChI is InChI=1S/C12H17NO3/c1-4-8(2)16-12(14)9-6-5-7-10(15-3)11(9)13/h5-8H,4,13H2,1-3H3. The van der Waals surface area contributed by atoms with Gasteiger partial charge in [0.2, 0.25) is 0 Å². The molecular weight excluding hydrogens is 206 g/mol. The molecular formula is C12H17NO3. The van der Waals surface area contributed by atoms with Crippen molar-refractivity contribution in [3.63, 3.8) is 0 Å². The third kappa shape index (κ3) is 2.66. The minimum atomic E-state index is -0.411. The number of rotatable bonds is 4. The number of ether oxygens (including phenoxy) is 2. The summed E-state index contributed by atoms with van der Waals surface area (Å²) in [4.78, 5) is 11.7. The molecule has 0 aromatic heterocycles. The van der Waals surface area contributed by atoms with Crippen molar-refractivity contribution < 1.29 is 14.3 Å². The Kier molecular flexibility index (Phi) is 4.17. The molecule has 0 saturated carbocycles. The van der Waals surface area contributed by atoms with Crippen LogP contribution in [0.2, 0.25) is 0 Å². The number of carbonyl (C=O) groups is 1. The van der Waals surface area contributed by atoms with Gasteiger partial charge in [-0.3, -0.25) is 0 Å². The SMILES string of the molecule is CCC(C)OC(=O)c1cccc(OC)c1N. The van der Waals surface area contributed by atoms with Gasteiger partial charge in [-0.2, -0.15) is 0 Å². The molecule has 0 heterocycles. The fraction of sp³-hybridized carbons (Fsp3) is 0.417. The van der Waals surface area contributed by atoms with Crippen LogP contribution in [0.4, 0.5) is 5.69 Å². The Morgan fingerprint density at radius 3 is 2.75 bits per heavy atom. The Morgan fingerprint density at radius 2 is 2.19 bits per heavy atom. The molecule has 4 nitrogen and oxygen atoms in total. The van der Waals surface area contributed by atoms with Gasteiger partial charge in [0, 0.05) is 0 Å². The van der Waals surface area contributed by atoms with Crippen LogP contribution in [0.1, 0.15) is 30.6 Å². The number of esters is 1. The average molecular weight is 223 g/mol. The first-order valence-electron chi connectivity index (χ1n) is 5.23. The van der Waals surface area contributed by atoms with Gasteiger partial charge in [-0.25, -0.2) is 4.79 Å². The number of para-hydroxylation sites is 1. The molecule has 0 radical (unpaired) electrons. The van der Waals surface area contributed by atoms with E-state index in [1.54, 1.807) is 18.2 Å². The largest absolute Gasteiger partial charge is 0.495 e. The first-order chi connectivity index (χ1) is 7.60. The Hall–Kier alpha value is -1.71. The van der Waals surface area contributed by atoms with Crippen LogP contribution in [-0.2, 0) is 4.74 Å². The number of carbonyl (C=O) groups excluding carboxylic acids is 1. The van der Waals surface area contributed by atoms with E-state index in [-0.39, 0.29) is 6.10 Å². The molecule has 0 bridgehead atoms. The third-order valence-corrected chi connectivity index (χ3v) is 2.39. The van der Waals surface area contributed by atoms with Crippen LogP contribution >= 0.6 is 0 Å². The average Bonchev–Trinajstić information content (AvgIpc) is 2.29. The Morgan fingerprint density at radius 1 is 1.50 bits per heavy atom. The van der Waals surface area contributed by atoms with E-state index in [9.17, 15) is 4.79 Å². The normalized spacial score (nSPS) is 11.9. The van der Waals surface area contributed by atoms with Crippen LogP contribution in [0, 0.1) is 0 Å². The van der Waals surface area contributed by atoms with Gasteiger partial charge in [0.15, 0.2) is 0 Å². The van der Waals surface area contributed by atoms with E-state index in [1.165, 1.54) is 7.11 Å². The molecule has 1 atom stereocenters. The highest BCUT2D eigenvalue weighted by Gasteiger charge is 2.16. The zero-order chi connectivity index (χ0) is 12.1. The fourth-order valence-electron chi connectivity index (χ4n) is 1.23. The second-order valence-electron chi connectivity index (χ2n) is 3.55. The van der Waals surface area contributed by atoms with Crippen molar-refractivity contribution >= 4 is 11.7 Å².